The molecule has 1 aromatic heterocycles. The zero-order valence-electron chi connectivity index (χ0n) is 26.5. The first-order chi connectivity index (χ1) is 21.7. The molecule has 0 aliphatic heterocycles. The second-order valence-electron chi connectivity index (χ2n) is 10.8. The van der Waals surface area contributed by atoms with Crippen molar-refractivity contribution >= 4 is 38.2 Å². The number of benzene rings is 6. The number of hydrogen-bond acceptors (Lipinski definition) is 1. The van der Waals surface area contributed by atoms with E-state index in [-0.39, 0.29) is 0 Å². The number of rotatable bonds is 3. The maximum atomic E-state index is 2.75. The van der Waals surface area contributed by atoms with E-state index in [9.17, 15) is 0 Å². The smallest absolute Gasteiger partial charge is 0.0619 e. The molecule has 1 aliphatic carbocycles. The first-order valence-corrected chi connectivity index (χ1v) is 15.6. The van der Waals surface area contributed by atoms with Gasteiger partial charge in [0.05, 0.1) is 11.0 Å². The second-order valence-corrected chi connectivity index (χ2v) is 10.8. The Kier molecular flexibility index (Phi) is 10.1. The molecule has 6 aromatic carbocycles. The molecule has 2 nitrogen and oxygen atoms in total. The summed E-state index contributed by atoms with van der Waals surface area (Å²) in [5.41, 5.74) is 10.4. The molecular formula is C42H42N2. The molecule has 220 valence electrons. The molecule has 7 aromatic rings. The number of aromatic nitrogens is 1. The van der Waals surface area contributed by atoms with E-state index >= 15 is 0 Å². The summed E-state index contributed by atoms with van der Waals surface area (Å²) in [5, 5.41) is 7.90. The van der Waals surface area contributed by atoms with E-state index in [1.807, 2.05) is 46.1 Å². The Morgan fingerprint density at radius 3 is 1.80 bits per heavy atom. The van der Waals surface area contributed by atoms with Crippen LogP contribution in [0.1, 0.15) is 31.4 Å². The van der Waals surface area contributed by atoms with E-state index in [1.165, 1.54) is 66.1 Å². The van der Waals surface area contributed by atoms with Crippen molar-refractivity contribution in [1.29, 1.82) is 0 Å². The third kappa shape index (κ3) is 6.67. The standard InChI is InChI=1S/C31H21N.C7H8.C2H7N.C2H6/c1-2-9-26(10-3-1)32-30-12-5-4-11-28(30)29-18-16-25-20-24(15-17-27(25)31(29)32)23-8-6-7-22(19-23)21-13-14-21;1-7-5-3-2-4-6-7;1-3-2;1-2/h1-13,15-20H,14H2;2-6H,1H3;3H,1-2H3;1-2H3. The number of hydrogen-bond donors (Lipinski definition) is 1. The maximum absolute atomic E-state index is 2.75. The molecular weight excluding hydrogens is 532 g/mol. The molecule has 1 heterocycles. The van der Waals surface area contributed by atoms with Gasteiger partial charge in [0.1, 0.15) is 0 Å². The summed E-state index contributed by atoms with van der Waals surface area (Å²) in [5.74, 6) is 0. The maximum Gasteiger partial charge on any atom is 0.0619 e. The highest BCUT2D eigenvalue weighted by atomic mass is 15.0. The molecule has 0 radical (unpaired) electrons. The van der Waals surface area contributed by atoms with Crippen LogP contribution in [0.5, 0.6) is 0 Å². The fourth-order valence-corrected chi connectivity index (χ4v) is 5.53. The molecule has 0 fully saturated rings. The lowest BCUT2D eigenvalue weighted by molar-refractivity contribution is 1.02. The van der Waals surface area contributed by atoms with Crippen molar-refractivity contribution in [2.75, 3.05) is 14.1 Å². The van der Waals surface area contributed by atoms with Gasteiger partial charge < -0.3 is 9.88 Å². The van der Waals surface area contributed by atoms with Gasteiger partial charge in [0.25, 0.3) is 0 Å². The number of nitrogens with one attached hydrogen (secondary N) is 1. The van der Waals surface area contributed by atoms with Crippen LogP contribution in [0, 0.1) is 6.92 Å². The number of fused-ring (bicyclic) bond motifs is 5. The van der Waals surface area contributed by atoms with Gasteiger partial charge >= 0.3 is 0 Å². The Bertz CT molecular complexity index is 2000. The van der Waals surface area contributed by atoms with Crippen LogP contribution >= 0.6 is 0 Å². The molecule has 8 rings (SSSR count). The van der Waals surface area contributed by atoms with Crippen LogP contribution in [-0.2, 0) is 0 Å². The van der Waals surface area contributed by atoms with Gasteiger partial charge in [-0.1, -0.05) is 135 Å². The zero-order valence-corrected chi connectivity index (χ0v) is 26.5. The van der Waals surface area contributed by atoms with E-state index in [4.69, 9.17) is 0 Å². The summed E-state index contributed by atoms with van der Waals surface area (Å²) in [6, 6.07) is 50.0. The van der Waals surface area contributed by atoms with Gasteiger partial charge in [-0.3, -0.25) is 0 Å². The topological polar surface area (TPSA) is 17.0 Å². The summed E-state index contributed by atoms with van der Waals surface area (Å²) < 4.78 is 2.41. The molecule has 0 bridgehead atoms. The van der Waals surface area contributed by atoms with Gasteiger partial charge in [-0.2, -0.15) is 0 Å². The normalized spacial score (nSPS) is 11.4. The Morgan fingerprint density at radius 2 is 1.14 bits per heavy atom. The van der Waals surface area contributed by atoms with Crippen molar-refractivity contribution in [3.63, 3.8) is 0 Å². The minimum atomic E-state index is 1.13. The van der Waals surface area contributed by atoms with Crippen LogP contribution < -0.4 is 5.32 Å². The first-order valence-electron chi connectivity index (χ1n) is 15.6. The van der Waals surface area contributed by atoms with E-state index in [2.05, 4.69) is 144 Å². The quantitative estimate of drug-likeness (QED) is 0.222. The average molecular weight is 575 g/mol. The van der Waals surface area contributed by atoms with Gasteiger partial charge in [-0.15, -0.1) is 0 Å². The number of nitrogens with zero attached hydrogens (tertiary/aromatic N) is 1. The summed E-state index contributed by atoms with van der Waals surface area (Å²) in [6.07, 6.45) is 3.42. The number of aryl methyl sites for hydroxylation is 1. The highest BCUT2D eigenvalue weighted by Gasteiger charge is 2.15. The van der Waals surface area contributed by atoms with Gasteiger partial charge in [-0.25, -0.2) is 0 Å². The molecule has 0 amide bonds. The average Bonchev–Trinajstić information content (AvgIpc) is 3.88. The van der Waals surface area contributed by atoms with Crippen molar-refractivity contribution < 1.29 is 0 Å². The van der Waals surface area contributed by atoms with Crippen LogP contribution in [0.4, 0.5) is 0 Å². The van der Waals surface area contributed by atoms with Gasteiger partial charge in [-0.05, 0) is 85.4 Å². The van der Waals surface area contributed by atoms with Crippen molar-refractivity contribution in [2.45, 2.75) is 27.2 Å². The first kappa shape index (κ1) is 30.5. The van der Waals surface area contributed by atoms with Crippen LogP contribution in [-0.4, -0.2) is 18.7 Å². The molecule has 2 heteroatoms. The summed E-state index contributed by atoms with van der Waals surface area (Å²) >= 11 is 0. The fraction of sp³-hybridized carbons (Fsp3) is 0.143. The van der Waals surface area contributed by atoms with E-state index in [0.717, 1.165) is 6.42 Å². The van der Waals surface area contributed by atoms with Crippen molar-refractivity contribution in [3.8, 4) is 16.8 Å². The second kappa shape index (κ2) is 14.5. The molecule has 1 aliphatic rings. The van der Waals surface area contributed by atoms with Gasteiger partial charge in [0.2, 0.25) is 0 Å². The van der Waals surface area contributed by atoms with Gasteiger partial charge in [0, 0.05) is 21.8 Å². The van der Waals surface area contributed by atoms with Crippen LogP contribution in [0.2, 0.25) is 0 Å². The largest absolute Gasteiger partial charge is 0.323 e. The number of allylic oxidation sites excluding steroid dienone is 2. The predicted octanol–water partition coefficient (Wildman–Crippen LogP) is 11.2. The summed E-state index contributed by atoms with van der Waals surface area (Å²) in [6.45, 7) is 6.08. The van der Waals surface area contributed by atoms with Crippen LogP contribution in [0.25, 0.3) is 55.0 Å². The van der Waals surface area contributed by atoms with E-state index < -0.39 is 0 Å². The molecule has 0 saturated heterocycles. The number of para-hydroxylation sites is 2. The molecule has 0 spiro atoms. The minimum Gasteiger partial charge on any atom is -0.323 e. The van der Waals surface area contributed by atoms with E-state index in [1.54, 1.807) is 0 Å². The zero-order chi connectivity index (χ0) is 30.9. The highest BCUT2D eigenvalue weighted by Crippen LogP contribution is 2.38. The summed E-state index contributed by atoms with van der Waals surface area (Å²) in [4.78, 5) is 0. The van der Waals surface area contributed by atoms with Crippen molar-refractivity contribution in [1.82, 2.24) is 9.88 Å². The van der Waals surface area contributed by atoms with Crippen molar-refractivity contribution in [3.05, 3.63) is 157 Å². The SMILES string of the molecule is C1=C(c2cccc(-c3ccc4c(ccc5c6ccccc6n(-c6ccccc6)c45)c3)c2)C1.CC.CNC.Cc1ccccc1. The van der Waals surface area contributed by atoms with Crippen molar-refractivity contribution in [2.24, 2.45) is 0 Å². The summed E-state index contributed by atoms with van der Waals surface area (Å²) in [7, 11) is 3.75. The fourth-order valence-electron chi connectivity index (χ4n) is 5.53. The lowest BCUT2D eigenvalue weighted by Gasteiger charge is -2.11. The Morgan fingerprint density at radius 1 is 0.545 bits per heavy atom. The molecule has 0 unspecified atom stereocenters. The lowest BCUT2D eigenvalue weighted by atomic mass is 9.98. The Labute approximate surface area is 262 Å². The van der Waals surface area contributed by atoms with Crippen LogP contribution in [0.3, 0.4) is 0 Å². The Balaban J connectivity index is 0.000000274. The third-order valence-corrected chi connectivity index (χ3v) is 7.58. The van der Waals surface area contributed by atoms with E-state index in [0.29, 0.717) is 0 Å². The third-order valence-electron chi connectivity index (χ3n) is 7.58. The minimum absolute atomic E-state index is 1.13. The highest BCUT2D eigenvalue weighted by molar-refractivity contribution is 6.18. The van der Waals surface area contributed by atoms with Crippen LogP contribution in [0.15, 0.2) is 146 Å². The van der Waals surface area contributed by atoms with Gasteiger partial charge in [0.15, 0.2) is 0 Å². The predicted molar refractivity (Wildman–Crippen MR) is 194 cm³/mol. The monoisotopic (exact) mass is 574 g/mol. The Hall–Kier alpha value is -4.92. The molecule has 0 saturated carbocycles. The lowest BCUT2D eigenvalue weighted by Crippen LogP contribution is -1.94. The molecule has 44 heavy (non-hydrogen) atoms. The molecule has 0 atom stereocenters. The molecule has 1 N–H and O–H groups in total.